The molecular formula is C10H17NO3S. The second-order valence-electron chi connectivity index (χ2n) is 5.12. The van der Waals surface area contributed by atoms with Gasteiger partial charge in [0.2, 0.25) is 6.41 Å². The van der Waals surface area contributed by atoms with Gasteiger partial charge in [0.1, 0.15) is 5.54 Å². The molecule has 1 fully saturated rings. The van der Waals surface area contributed by atoms with Gasteiger partial charge in [0, 0.05) is 5.75 Å². The van der Waals surface area contributed by atoms with Gasteiger partial charge in [-0.15, -0.1) is 11.8 Å². The number of carboxylic acid groups (broad SMARTS) is 1. The van der Waals surface area contributed by atoms with Crippen molar-refractivity contribution in [2.45, 2.75) is 38.6 Å². The first-order valence-electron chi connectivity index (χ1n) is 4.82. The summed E-state index contributed by atoms with van der Waals surface area (Å²) in [7, 11) is 0. The summed E-state index contributed by atoms with van der Waals surface area (Å²) in [5.74, 6) is -0.489. The Labute approximate surface area is 94.0 Å². The third-order valence-electron chi connectivity index (χ3n) is 2.66. The molecule has 1 aliphatic heterocycles. The Kier molecular flexibility index (Phi) is 3.05. The zero-order chi connectivity index (χ0) is 11.9. The molecular weight excluding hydrogens is 214 g/mol. The summed E-state index contributed by atoms with van der Waals surface area (Å²) in [4.78, 5) is 23.6. The third-order valence-corrected chi connectivity index (χ3v) is 4.64. The predicted octanol–water partition coefficient (Wildman–Crippen LogP) is 1.41. The molecule has 0 aromatic heterocycles. The molecule has 1 amide bonds. The molecule has 15 heavy (non-hydrogen) atoms. The highest BCUT2D eigenvalue weighted by Crippen LogP contribution is 2.44. The highest BCUT2D eigenvalue weighted by Gasteiger charge is 2.51. The van der Waals surface area contributed by atoms with Gasteiger partial charge < -0.3 is 10.0 Å². The van der Waals surface area contributed by atoms with Crippen molar-refractivity contribution in [1.82, 2.24) is 4.90 Å². The summed E-state index contributed by atoms with van der Waals surface area (Å²) in [6.45, 7) is 7.63. The number of hydrogen-bond acceptors (Lipinski definition) is 3. The van der Waals surface area contributed by atoms with Gasteiger partial charge in [-0.2, -0.15) is 0 Å². The van der Waals surface area contributed by atoms with Crippen LogP contribution in [0.2, 0.25) is 0 Å². The highest BCUT2D eigenvalue weighted by atomic mass is 32.2. The summed E-state index contributed by atoms with van der Waals surface area (Å²) in [6.07, 6.45) is 0.657. The minimum Gasteiger partial charge on any atom is -0.479 e. The van der Waals surface area contributed by atoms with Crippen LogP contribution >= 0.6 is 11.8 Å². The van der Waals surface area contributed by atoms with Crippen molar-refractivity contribution in [3.05, 3.63) is 0 Å². The van der Waals surface area contributed by atoms with E-state index in [2.05, 4.69) is 0 Å². The average Bonchev–Trinajstić information content (AvgIpc) is 2.43. The Morgan fingerprint density at radius 1 is 1.60 bits per heavy atom. The molecule has 1 N–H and O–H groups in total. The molecule has 0 spiro atoms. The molecule has 0 saturated carbocycles. The van der Waals surface area contributed by atoms with Gasteiger partial charge in [-0.3, -0.25) is 4.79 Å². The number of amides is 1. The van der Waals surface area contributed by atoms with E-state index in [0.29, 0.717) is 12.2 Å². The fraction of sp³-hybridized carbons (Fsp3) is 0.800. The van der Waals surface area contributed by atoms with E-state index in [1.807, 2.05) is 20.8 Å². The second-order valence-corrected chi connectivity index (χ2v) is 6.19. The number of carbonyl (C=O) groups is 2. The number of aliphatic carboxylic acids is 1. The SMILES string of the molecule is CC(C)(C)C1SC[C@](C)(C(=O)O)N1C=O. The lowest BCUT2D eigenvalue weighted by atomic mass is 9.93. The van der Waals surface area contributed by atoms with Crippen molar-refractivity contribution in [2.75, 3.05) is 5.75 Å². The third kappa shape index (κ3) is 1.97. The minimum atomic E-state index is -1.07. The average molecular weight is 231 g/mol. The number of rotatable bonds is 2. The zero-order valence-electron chi connectivity index (χ0n) is 9.48. The van der Waals surface area contributed by atoms with Crippen LogP contribution in [0.15, 0.2) is 0 Å². The number of thioether (sulfide) groups is 1. The van der Waals surface area contributed by atoms with Crippen molar-refractivity contribution >= 4 is 24.1 Å². The van der Waals surface area contributed by atoms with E-state index in [9.17, 15) is 9.59 Å². The summed E-state index contributed by atoms with van der Waals surface area (Å²) >= 11 is 1.53. The van der Waals surface area contributed by atoms with Crippen LogP contribution in [0.5, 0.6) is 0 Å². The van der Waals surface area contributed by atoms with Crippen molar-refractivity contribution in [1.29, 1.82) is 0 Å². The van der Waals surface area contributed by atoms with Crippen LogP contribution in [0.1, 0.15) is 27.7 Å². The van der Waals surface area contributed by atoms with Crippen LogP contribution in [-0.4, -0.2) is 39.1 Å². The Hall–Kier alpha value is -0.710. The van der Waals surface area contributed by atoms with Gasteiger partial charge in [-0.25, -0.2) is 4.79 Å². The molecule has 1 unspecified atom stereocenters. The molecule has 0 bridgehead atoms. The Bertz CT molecular complexity index is 287. The maximum Gasteiger partial charge on any atom is 0.330 e. The molecule has 0 aromatic carbocycles. The molecule has 2 atom stereocenters. The van der Waals surface area contributed by atoms with E-state index in [-0.39, 0.29) is 10.8 Å². The van der Waals surface area contributed by atoms with Gasteiger partial charge in [-0.05, 0) is 12.3 Å². The van der Waals surface area contributed by atoms with Gasteiger partial charge in [0.05, 0.1) is 5.37 Å². The van der Waals surface area contributed by atoms with Crippen LogP contribution < -0.4 is 0 Å². The maximum atomic E-state index is 11.2. The van der Waals surface area contributed by atoms with Crippen molar-refractivity contribution in [2.24, 2.45) is 5.41 Å². The first kappa shape index (κ1) is 12.4. The largest absolute Gasteiger partial charge is 0.479 e. The van der Waals surface area contributed by atoms with Crippen molar-refractivity contribution < 1.29 is 14.7 Å². The summed E-state index contributed by atoms with van der Waals surface area (Å²) in [6, 6.07) is 0. The van der Waals surface area contributed by atoms with Crippen LogP contribution in [0, 0.1) is 5.41 Å². The fourth-order valence-corrected chi connectivity index (χ4v) is 3.36. The van der Waals surface area contributed by atoms with Crippen LogP contribution in [0.4, 0.5) is 0 Å². The van der Waals surface area contributed by atoms with E-state index < -0.39 is 11.5 Å². The number of carbonyl (C=O) groups excluding carboxylic acids is 1. The molecule has 86 valence electrons. The van der Waals surface area contributed by atoms with Gasteiger partial charge >= 0.3 is 5.97 Å². The minimum absolute atomic E-state index is 0.0731. The summed E-state index contributed by atoms with van der Waals surface area (Å²) in [5, 5.41) is 9.07. The normalized spacial score (nSPS) is 31.7. The smallest absolute Gasteiger partial charge is 0.330 e. The first-order valence-corrected chi connectivity index (χ1v) is 5.87. The fourth-order valence-electron chi connectivity index (χ4n) is 1.67. The Morgan fingerprint density at radius 3 is 2.47 bits per heavy atom. The maximum absolute atomic E-state index is 11.2. The lowest BCUT2D eigenvalue weighted by molar-refractivity contribution is -0.153. The monoisotopic (exact) mass is 231 g/mol. The molecule has 0 radical (unpaired) electrons. The molecule has 1 heterocycles. The standard InChI is InChI=1S/C10H17NO3S/c1-9(2,3)7-11(6-12)10(4,5-15-7)8(13)14/h6-7H,5H2,1-4H3,(H,13,14)/t7?,10-/m1/s1. The lowest BCUT2D eigenvalue weighted by Gasteiger charge is -2.37. The molecule has 1 aliphatic rings. The Balaban J connectivity index is 3.02. The van der Waals surface area contributed by atoms with E-state index in [1.165, 1.54) is 16.7 Å². The van der Waals surface area contributed by atoms with Gasteiger partial charge in [0.25, 0.3) is 0 Å². The molecule has 4 nitrogen and oxygen atoms in total. The number of carboxylic acids is 1. The van der Waals surface area contributed by atoms with Crippen LogP contribution in [0.3, 0.4) is 0 Å². The second kappa shape index (κ2) is 3.70. The Morgan fingerprint density at radius 2 is 2.13 bits per heavy atom. The molecule has 0 aliphatic carbocycles. The van der Waals surface area contributed by atoms with Gasteiger partial charge in [-0.1, -0.05) is 20.8 Å². The number of nitrogens with zero attached hydrogens (tertiary/aromatic N) is 1. The van der Waals surface area contributed by atoms with E-state index in [1.54, 1.807) is 6.92 Å². The van der Waals surface area contributed by atoms with Crippen molar-refractivity contribution in [3.8, 4) is 0 Å². The molecule has 5 heteroatoms. The lowest BCUT2D eigenvalue weighted by Crippen LogP contribution is -2.54. The van der Waals surface area contributed by atoms with Crippen LogP contribution in [-0.2, 0) is 9.59 Å². The molecule has 1 rings (SSSR count). The van der Waals surface area contributed by atoms with E-state index in [4.69, 9.17) is 5.11 Å². The van der Waals surface area contributed by atoms with E-state index >= 15 is 0 Å². The zero-order valence-corrected chi connectivity index (χ0v) is 10.3. The number of hydrogen-bond donors (Lipinski definition) is 1. The summed E-state index contributed by atoms with van der Waals surface area (Å²) < 4.78 is 0. The topological polar surface area (TPSA) is 57.6 Å². The van der Waals surface area contributed by atoms with Crippen LogP contribution in [0.25, 0.3) is 0 Å². The van der Waals surface area contributed by atoms with E-state index in [0.717, 1.165) is 0 Å². The summed E-state index contributed by atoms with van der Waals surface area (Å²) in [5.41, 5.74) is -1.18. The molecule has 0 aromatic rings. The van der Waals surface area contributed by atoms with Gasteiger partial charge in [0.15, 0.2) is 0 Å². The first-order chi connectivity index (χ1) is 6.73. The predicted molar refractivity (Wildman–Crippen MR) is 59.6 cm³/mol. The highest BCUT2D eigenvalue weighted by molar-refractivity contribution is 8.00. The van der Waals surface area contributed by atoms with Crippen molar-refractivity contribution in [3.63, 3.8) is 0 Å². The quantitative estimate of drug-likeness (QED) is 0.730. The molecule has 1 saturated heterocycles.